The SMILES string of the molecule is CCOc1cccc(C(=O)Oc2ccc(CC)cc2Br)c1. The van der Waals surface area contributed by atoms with E-state index < -0.39 is 5.97 Å². The van der Waals surface area contributed by atoms with E-state index in [1.165, 1.54) is 5.56 Å². The number of carbonyl (C=O) groups is 1. The van der Waals surface area contributed by atoms with Crippen molar-refractivity contribution < 1.29 is 14.3 Å². The van der Waals surface area contributed by atoms with Gasteiger partial charge >= 0.3 is 5.97 Å². The van der Waals surface area contributed by atoms with Gasteiger partial charge in [0.2, 0.25) is 0 Å². The van der Waals surface area contributed by atoms with Gasteiger partial charge in [-0.2, -0.15) is 0 Å². The topological polar surface area (TPSA) is 35.5 Å². The highest BCUT2D eigenvalue weighted by molar-refractivity contribution is 9.10. The van der Waals surface area contributed by atoms with Gasteiger partial charge < -0.3 is 9.47 Å². The largest absolute Gasteiger partial charge is 0.494 e. The summed E-state index contributed by atoms with van der Waals surface area (Å²) in [5.74, 6) is 0.771. The molecule has 0 aliphatic rings. The van der Waals surface area contributed by atoms with Crippen LogP contribution in [0.15, 0.2) is 46.9 Å². The third kappa shape index (κ3) is 4.08. The van der Waals surface area contributed by atoms with Crippen molar-refractivity contribution in [2.75, 3.05) is 6.61 Å². The molecule has 110 valence electrons. The maximum atomic E-state index is 12.2. The first-order valence-corrected chi connectivity index (χ1v) is 7.66. The van der Waals surface area contributed by atoms with Crippen LogP contribution >= 0.6 is 15.9 Å². The predicted molar refractivity (Wildman–Crippen MR) is 86.1 cm³/mol. The quantitative estimate of drug-likeness (QED) is 0.583. The Labute approximate surface area is 133 Å². The molecular weight excluding hydrogens is 332 g/mol. The van der Waals surface area contributed by atoms with Crippen LogP contribution in [0.3, 0.4) is 0 Å². The molecule has 0 spiro atoms. The molecule has 0 amide bonds. The third-order valence-corrected chi connectivity index (χ3v) is 3.61. The summed E-state index contributed by atoms with van der Waals surface area (Å²) in [5, 5.41) is 0. The van der Waals surface area contributed by atoms with E-state index in [4.69, 9.17) is 9.47 Å². The van der Waals surface area contributed by atoms with E-state index in [-0.39, 0.29) is 0 Å². The van der Waals surface area contributed by atoms with Crippen molar-refractivity contribution in [2.24, 2.45) is 0 Å². The molecule has 0 radical (unpaired) electrons. The molecule has 0 saturated carbocycles. The monoisotopic (exact) mass is 348 g/mol. The van der Waals surface area contributed by atoms with Crippen molar-refractivity contribution in [3.63, 3.8) is 0 Å². The fourth-order valence-electron chi connectivity index (χ4n) is 1.89. The minimum absolute atomic E-state index is 0.401. The van der Waals surface area contributed by atoms with Gasteiger partial charge in [-0.1, -0.05) is 19.1 Å². The lowest BCUT2D eigenvalue weighted by atomic mass is 10.2. The summed E-state index contributed by atoms with van der Waals surface area (Å²) < 4.78 is 11.6. The van der Waals surface area contributed by atoms with Crippen LogP contribution in [0.25, 0.3) is 0 Å². The zero-order chi connectivity index (χ0) is 15.2. The van der Waals surface area contributed by atoms with E-state index in [0.717, 1.165) is 10.9 Å². The summed E-state index contributed by atoms with van der Waals surface area (Å²) in [7, 11) is 0. The Hall–Kier alpha value is -1.81. The van der Waals surface area contributed by atoms with Crippen molar-refractivity contribution >= 4 is 21.9 Å². The second kappa shape index (κ2) is 7.27. The fourth-order valence-corrected chi connectivity index (χ4v) is 2.39. The Balaban J connectivity index is 2.16. The molecule has 0 aromatic heterocycles. The summed E-state index contributed by atoms with van der Waals surface area (Å²) in [4.78, 5) is 12.2. The van der Waals surface area contributed by atoms with E-state index in [2.05, 4.69) is 22.9 Å². The maximum Gasteiger partial charge on any atom is 0.343 e. The molecule has 3 nitrogen and oxygen atoms in total. The Morgan fingerprint density at radius 2 is 1.95 bits per heavy atom. The van der Waals surface area contributed by atoms with E-state index in [1.807, 2.05) is 25.1 Å². The molecular formula is C17H17BrO3. The first kappa shape index (κ1) is 15.6. The van der Waals surface area contributed by atoms with Crippen molar-refractivity contribution in [1.82, 2.24) is 0 Å². The lowest BCUT2D eigenvalue weighted by molar-refractivity contribution is 0.0733. The van der Waals surface area contributed by atoms with Gasteiger partial charge in [0.05, 0.1) is 16.6 Å². The first-order valence-electron chi connectivity index (χ1n) is 6.87. The Morgan fingerprint density at radius 3 is 2.62 bits per heavy atom. The number of aryl methyl sites for hydroxylation is 1. The lowest BCUT2D eigenvalue weighted by Crippen LogP contribution is -2.09. The molecule has 2 aromatic carbocycles. The summed E-state index contributed by atoms with van der Waals surface area (Å²) in [6, 6.07) is 12.7. The van der Waals surface area contributed by atoms with E-state index >= 15 is 0 Å². The average Bonchev–Trinajstić information content (AvgIpc) is 2.50. The average molecular weight is 349 g/mol. The molecule has 0 N–H and O–H groups in total. The molecule has 0 aliphatic heterocycles. The Morgan fingerprint density at radius 1 is 1.14 bits per heavy atom. The molecule has 2 rings (SSSR count). The van der Waals surface area contributed by atoms with E-state index in [0.29, 0.717) is 23.7 Å². The smallest absolute Gasteiger partial charge is 0.343 e. The number of rotatable bonds is 5. The highest BCUT2D eigenvalue weighted by Gasteiger charge is 2.12. The number of esters is 1. The van der Waals surface area contributed by atoms with Gasteiger partial charge in [0, 0.05) is 0 Å². The van der Waals surface area contributed by atoms with Gasteiger partial charge in [0.25, 0.3) is 0 Å². The van der Waals surface area contributed by atoms with Gasteiger partial charge in [0.1, 0.15) is 11.5 Å². The minimum Gasteiger partial charge on any atom is -0.494 e. The van der Waals surface area contributed by atoms with Gasteiger partial charge in [-0.3, -0.25) is 0 Å². The van der Waals surface area contributed by atoms with Crippen molar-refractivity contribution in [3.8, 4) is 11.5 Å². The molecule has 0 fully saturated rings. The highest BCUT2D eigenvalue weighted by atomic mass is 79.9. The molecule has 2 aromatic rings. The van der Waals surface area contributed by atoms with Crippen LogP contribution < -0.4 is 9.47 Å². The van der Waals surface area contributed by atoms with Crippen LogP contribution in [0.2, 0.25) is 0 Å². The normalized spacial score (nSPS) is 10.2. The highest BCUT2D eigenvalue weighted by Crippen LogP contribution is 2.27. The van der Waals surface area contributed by atoms with E-state index in [1.54, 1.807) is 24.3 Å². The fraction of sp³-hybridized carbons (Fsp3) is 0.235. The number of ether oxygens (including phenoxy) is 2. The summed E-state index contributed by atoms with van der Waals surface area (Å²) in [6.07, 6.45) is 0.934. The van der Waals surface area contributed by atoms with Gasteiger partial charge in [-0.25, -0.2) is 4.79 Å². The zero-order valence-corrected chi connectivity index (χ0v) is 13.6. The van der Waals surface area contributed by atoms with Crippen LogP contribution in [0.1, 0.15) is 29.8 Å². The van der Waals surface area contributed by atoms with Crippen LogP contribution in [0, 0.1) is 0 Å². The maximum absolute atomic E-state index is 12.2. The van der Waals surface area contributed by atoms with Crippen LogP contribution in [0.4, 0.5) is 0 Å². The van der Waals surface area contributed by atoms with Gasteiger partial charge in [0.15, 0.2) is 0 Å². The number of hydrogen-bond donors (Lipinski definition) is 0. The molecule has 0 unspecified atom stereocenters. The summed E-state index contributed by atoms with van der Waals surface area (Å²) in [5.41, 5.74) is 1.65. The van der Waals surface area contributed by atoms with E-state index in [9.17, 15) is 4.79 Å². The molecule has 0 aliphatic carbocycles. The van der Waals surface area contributed by atoms with Crippen LogP contribution in [-0.2, 0) is 6.42 Å². The number of hydrogen-bond acceptors (Lipinski definition) is 3. The molecule has 21 heavy (non-hydrogen) atoms. The van der Waals surface area contributed by atoms with Gasteiger partial charge in [-0.05, 0) is 65.2 Å². The standard InChI is InChI=1S/C17H17BrO3/c1-3-12-8-9-16(15(18)10-12)21-17(19)13-6-5-7-14(11-13)20-4-2/h5-11H,3-4H2,1-2H3. The molecule has 0 heterocycles. The number of carbonyl (C=O) groups excluding carboxylic acids is 1. The predicted octanol–water partition coefficient (Wildman–Crippen LogP) is 4.63. The first-order chi connectivity index (χ1) is 10.1. The number of halogens is 1. The second-order valence-electron chi connectivity index (χ2n) is 4.47. The van der Waals surface area contributed by atoms with Crippen molar-refractivity contribution in [3.05, 3.63) is 58.1 Å². The minimum atomic E-state index is -0.401. The third-order valence-electron chi connectivity index (χ3n) is 2.99. The zero-order valence-electron chi connectivity index (χ0n) is 12.1. The molecule has 0 bridgehead atoms. The van der Waals surface area contributed by atoms with Crippen LogP contribution in [-0.4, -0.2) is 12.6 Å². The second-order valence-corrected chi connectivity index (χ2v) is 5.32. The van der Waals surface area contributed by atoms with Crippen molar-refractivity contribution in [1.29, 1.82) is 0 Å². The van der Waals surface area contributed by atoms with Gasteiger partial charge in [-0.15, -0.1) is 0 Å². The lowest BCUT2D eigenvalue weighted by Gasteiger charge is -2.09. The van der Waals surface area contributed by atoms with Crippen molar-refractivity contribution in [2.45, 2.75) is 20.3 Å². The summed E-state index contributed by atoms with van der Waals surface area (Å²) >= 11 is 3.43. The molecule has 0 saturated heterocycles. The molecule has 0 atom stereocenters. The Kier molecular flexibility index (Phi) is 5.39. The number of benzene rings is 2. The molecule has 4 heteroatoms. The van der Waals surface area contributed by atoms with Crippen LogP contribution in [0.5, 0.6) is 11.5 Å². The summed E-state index contributed by atoms with van der Waals surface area (Å²) in [6.45, 7) is 4.53. The Bertz CT molecular complexity index is 638.